The molecule has 1 aliphatic rings. The van der Waals surface area contributed by atoms with E-state index < -0.39 is 0 Å². The van der Waals surface area contributed by atoms with E-state index in [1.807, 2.05) is 23.1 Å². The van der Waals surface area contributed by atoms with Crippen molar-refractivity contribution in [2.45, 2.75) is 12.5 Å². The molecule has 1 saturated heterocycles. The van der Waals surface area contributed by atoms with Gasteiger partial charge in [-0.05, 0) is 28.5 Å². The van der Waals surface area contributed by atoms with Crippen LogP contribution in [-0.2, 0) is 11.3 Å². The van der Waals surface area contributed by atoms with Crippen molar-refractivity contribution in [3.8, 4) is 0 Å². The fourth-order valence-corrected chi connectivity index (χ4v) is 2.88. The van der Waals surface area contributed by atoms with Crippen LogP contribution in [0.5, 0.6) is 0 Å². The number of tetrazole rings is 1. The maximum Gasteiger partial charge on any atom is 0.244 e. The summed E-state index contributed by atoms with van der Waals surface area (Å²) >= 11 is 0. The Kier molecular flexibility index (Phi) is 5.46. The first-order valence-corrected chi connectivity index (χ1v) is 7.01. The number of nitrogens with zero attached hydrogens (tertiary/aromatic N) is 5. The third kappa shape index (κ3) is 3.42. The monoisotopic (exact) mass is 322 g/mol. The summed E-state index contributed by atoms with van der Waals surface area (Å²) in [7, 11) is 0. The van der Waals surface area contributed by atoms with Crippen molar-refractivity contribution in [3.05, 3.63) is 42.2 Å². The highest BCUT2D eigenvalue weighted by atomic mass is 35.5. The van der Waals surface area contributed by atoms with Crippen LogP contribution in [-0.4, -0.2) is 50.6 Å². The van der Waals surface area contributed by atoms with Crippen LogP contribution in [0.25, 0.3) is 0 Å². The van der Waals surface area contributed by atoms with Gasteiger partial charge < -0.3 is 10.6 Å². The van der Waals surface area contributed by atoms with Gasteiger partial charge in [0.15, 0.2) is 0 Å². The predicted molar refractivity (Wildman–Crippen MR) is 83.4 cm³/mol. The van der Waals surface area contributed by atoms with E-state index in [1.165, 1.54) is 16.6 Å². The number of carbonyl (C=O) groups excluding carboxylic acids is 1. The van der Waals surface area contributed by atoms with Crippen molar-refractivity contribution in [1.82, 2.24) is 25.1 Å². The summed E-state index contributed by atoms with van der Waals surface area (Å²) in [5.41, 5.74) is 7.13. The van der Waals surface area contributed by atoms with Crippen LogP contribution < -0.4 is 5.73 Å². The number of amides is 1. The van der Waals surface area contributed by atoms with Crippen LogP contribution in [0.4, 0.5) is 0 Å². The molecule has 0 radical (unpaired) electrons. The van der Waals surface area contributed by atoms with Gasteiger partial charge in [0.2, 0.25) is 5.91 Å². The molecule has 22 heavy (non-hydrogen) atoms. The van der Waals surface area contributed by atoms with Gasteiger partial charge in [0, 0.05) is 19.0 Å². The zero-order valence-corrected chi connectivity index (χ0v) is 12.9. The molecule has 2 heterocycles. The summed E-state index contributed by atoms with van der Waals surface area (Å²) in [6, 6.07) is 10.2. The highest BCUT2D eigenvalue weighted by Gasteiger charge is 2.35. The minimum absolute atomic E-state index is 0. The summed E-state index contributed by atoms with van der Waals surface area (Å²) in [6.07, 6.45) is 1.45. The average molecular weight is 323 g/mol. The molecule has 1 amide bonds. The number of carbonyl (C=O) groups is 1. The van der Waals surface area contributed by atoms with Gasteiger partial charge in [-0.15, -0.1) is 17.5 Å². The van der Waals surface area contributed by atoms with E-state index in [1.54, 1.807) is 0 Å². The molecule has 8 heteroatoms. The van der Waals surface area contributed by atoms with Crippen LogP contribution >= 0.6 is 12.4 Å². The average Bonchev–Trinajstić information content (AvgIpc) is 3.17. The Bertz CT molecular complexity index is 591. The fraction of sp³-hybridized carbons (Fsp3) is 0.429. The summed E-state index contributed by atoms with van der Waals surface area (Å²) in [5, 5.41) is 10.8. The Hall–Kier alpha value is -1.99. The Morgan fingerprint density at radius 2 is 2.05 bits per heavy atom. The lowest BCUT2D eigenvalue weighted by molar-refractivity contribution is -0.131. The number of aromatic nitrogens is 4. The summed E-state index contributed by atoms with van der Waals surface area (Å²) in [4.78, 5) is 14.2. The molecule has 3 rings (SSSR count). The van der Waals surface area contributed by atoms with Crippen molar-refractivity contribution >= 4 is 18.3 Å². The lowest BCUT2D eigenvalue weighted by atomic mass is 9.89. The number of benzene rings is 1. The van der Waals surface area contributed by atoms with E-state index in [2.05, 4.69) is 27.7 Å². The zero-order chi connectivity index (χ0) is 14.7. The summed E-state index contributed by atoms with van der Waals surface area (Å²) < 4.78 is 1.44. The molecule has 2 atom stereocenters. The van der Waals surface area contributed by atoms with Gasteiger partial charge in [0.05, 0.1) is 0 Å². The molecular weight excluding hydrogens is 304 g/mol. The van der Waals surface area contributed by atoms with E-state index in [9.17, 15) is 4.79 Å². The molecule has 0 saturated carbocycles. The van der Waals surface area contributed by atoms with E-state index in [4.69, 9.17) is 5.73 Å². The zero-order valence-electron chi connectivity index (χ0n) is 12.1. The van der Waals surface area contributed by atoms with Gasteiger partial charge in [-0.1, -0.05) is 30.3 Å². The first-order chi connectivity index (χ1) is 10.3. The number of hydrogen-bond acceptors (Lipinski definition) is 5. The fourth-order valence-electron chi connectivity index (χ4n) is 2.88. The molecule has 0 unspecified atom stereocenters. The second-order valence-electron chi connectivity index (χ2n) is 5.32. The predicted octanol–water partition coefficient (Wildman–Crippen LogP) is 0.296. The third-order valence-corrected chi connectivity index (χ3v) is 4.01. The molecule has 1 aromatic heterocycles. The Labute approximate surface area is 134 Å². The number of halogens is 1. The van der Waals surface area contributed by atoms with Crippen molar-refractivity contribution < 1.29 is 4.79 Å². The Balaban J connectivity index is 0.00000176. The number of rotatable bonds is 4. The van der Waals surface area contributed by atoms with Crippen LogP contribution in [0.3, 0.4) is 0 Å². The molecule has 0 bridgehead atoms. The largest absolute Gasteiger partial charge is 0.340 e. The smallest absolute Gasteiger partial charge is 0.244 e. The standard InChI is InChI=1S/C14H18N6O.ClH/c15-6-12-7-19(14(21)9-20-10-16-17-18-20)8-13(12)11-4-2-1-3-5-11;/h1-5,10,12-13H,6-9,15H2;1H/t12-,13+;/m1./s1. The Morgan fingerprint density at radius 3 is 2.68 bits per heavy atom. The molecule has 7 nitrogen and oxygen atoms in total. The van der Waals surface area contributed by atoms with E-state index in [0.717, 1.165) is 0 Å². The molecule has 2 N–H and O–H groups in total. The molecule has 0 spiro atoms. The molecular formula is C14H19ClN6O. The van der Waals surface area contributed by atoms with Gasteiger partial charge in [-0.2, -0.15) is 0 Å². The van der Waals surface area contributed by atoms with E-state index in [-0.39, 0.29) is 24.9 Å². The van der Waals surface area contributed by atoms with Crippen LogP contribution in [0.1, 0.15) is 11.5 Å². The summed E-state index contributed by atoms with van der Waals surface area (Å²) in [5.74, 6) is 0.624. The van der Waals surface area contributed by atoms with Gasteiger partial charge in [0.25, 0.3) is 0 Å². The first kappa shape index (κ1) is 16.4. The molecule has 0 aliphatic carbocycles. The maximum absolute atomic E-state index is 12.3. The van der Waals surface area contributed by atoms with Gasteiger partial charge in [0.1, 0.15) is 12.9 Å². The van der Waals surface area contributed by atoms with Crippen molar-refractivity contribution in [3.63, 3.8) is 0 Å². The Morgan fingerprint density at radius 1 is 1.27 bits per heavy atom. The molecule has 1 aliphatic heterocycles. The number of likely N-dealkylation sites (tertiary alicyclic amines) is 1. The number of nitrogens with two attached hydrogens (primary N) is 1. The van der Waals surface area contributed by atoms with Crippen molar-refractivity contribution in [1.29, 1.82) is 0 Å². The van der Waals surface area contributed by atoms with Crippen LogP contribution in [0, 0.1) is 5.92 Å². The van der Waals surface area contributed by atoms with Crippen molar-refractivity contribution in [2.24, 2.45) is 11.7 Å². The maximum atomic E-state index is 12.3. The van der Waals surface area contributed by atoms with Crippen molar-refractivity contribution in [2.75, 3.05) is 19.6 Å². The topological polar surface area (TPSA) is 89.9 Å². The van der Waals surface area contributed by atoms with Gasteiger partial charge in [-0.3, -0.25) is 4.79 Å². The quantitative estimate of drug-likeness (QED) is 0.874. The second kappa shape index (κ2) is 7.33. The minimum Gasteiger partial charge on any atom is -0.340 e. The van der Waals surface area contributed by atoms with Crippen LogP contribution in [0.15, 0.2) is 36.7 Å². The SMILES string of the molecule is Cl.NC[C@@H]1CN(C(=O)Cn2cnnn2)C[C@H]1c1ccccc1. The second-order valence-corrected chi connectivity index (χ2v) is 5.32. The summed E-state index contributed by atoms with van der Waals surface area (Å²) in [6.45, 7) is 2.14. The minimum atomic E-state index is 0. The molecule has 1 aromatic carbocycles. The molecule has 2 aromatic rings. The highest BCUT2D eigenvalue weighted by molar-refractivity contribution is 5.85. The third-order valence-electron chi connectivity index (χ3n) is 4.01. The first-order valence-electron chi connectivity index (χ1n) is 7.01. The molecule has 118 valence electrons. The van der Waals surface area contributed by atoms with E-state index in [0.29, 0.717) is 31.5 Å². The molecule has 1 fully saturated rings. The van der Waals surface area contributed by atoms with E-state index >= 15 is 0 Å². The van der Waals surface area contributed by atoms with Crippen LogP contribution in [0.2, 0.25) is 0 Å². The highest BCUT2D eigenvalue weighted by Crippen LogP contribution is 2.32. The van der Waals surface area contributed by atoms with Gasteiger partial charge >= 0.3 is 0 Å². The lowest BCUT2D eigenvalue weighted by Gasteiger charge is -2.16. The lowest BCUT2D eigenvalue weighted by Crippen LogP contribution is -2.32. The van der Waals surface area contributed by atoms with Gasteiger partial charge in [-0.25, -0.2) is 4.68 Å². The normalized spacial score (nSPS) is 20.7. The number of hydrogen-bond donors (Lipinski definition) is 1.